The second-order valence-electron chi connectivity index (χ2n) is 7.43. The van der Waals surface area contributed by atoms with Crippen molar-refractivity contribution >= 4 is 11.8 Å². The summed E-state index contributed by atoms with van der Waals surface area (Å²) < 4.78 is 5.73. The Labute approximate surface area is 149 Å². The number of amides is 2. The van der Waals surface area contributed by atoms with E-state index in [9.17, 15) is 9.59 Å². The van der Waals surface area contributed by atoms with Crippen LogP contribution in [0.15, 0.2) is 24.3 Å². The minimum absolute atomic E-state index is 0.0355. The van der Waals surface area contributed by atoms with Gasteiger partial charge in [-0.25, -0.2) is 0 Å². The van der Waals surface area contributed by atoms with Gasteiger partial charge in [0.1, 0.15) is 12.4 Å². The molecule has 0 aromatic heterocycles. The smallest absolute Gasteiger partial charge is 0.225 e. The number of nitrogens with zero attached hydrogens (tertiary/aromatic N) is 1. The molecular weight excluding hydrogens is 316 g/mol. The van der Waals surface area contributed by atoms with Gasteiger partial charge in [-0.2, -0.15) is 0 Å². The first-order chi connectivity index (χ1) is 12.0. The van der Waals surface area contributed by atoms with E-state index in [1.54, 1.807) is 0 Å². The Morgan fingerprint density at radius 1 is 1.20 bits per heavy atom. The maximum atomic E-state index is 12.5. The Hall–Kier alpha value is -2.04. The fraction of sp³-hybridized carbons (Fsp3) is 0.600. The molecule has 1 saturated carbocycles. The summed E-state index contributed by atoms with van der Waals surface area (Å²) >= 11 is 0. The van der Waals surface area contributed by atoms with E-state index in [-0.39, 0.29) is 29.7 Å². The van der Waals surface area contributed by atoms with Gasteiger partial charge in [-0.15, -0.1) is 0 Å². The molecule has 0 radical (unpaired) electrons. The summed E-state index contributed by atoms with van der Waals surface area (Å²) in [5, 5.41) is 3.03. The van der Waals surface area contributed by atoms with Crippen LogP contribution in [0.3, 0.4) is 0 Å². The van der Waals surface area contributed by atoms with E-state index in [0.717, 1.165) is 38.0 Å². The topological polar surface area (TPSA) is 58.6 Å². The van der Waals surface area contributed by atoms with Crippen molar-refractivity contribution in [3.63, 3.8) is 0 Å². The van der Waals surface area contributed by atoms with E-state index in [4.69, 9.17) is 4.74 Å². The Bertz CT molecular complexity index is 610. The lowest BCUT2D eigenvalue weighted by Gasteiger charge is -2.32. The molecule has 1 aliphatic heterocycles. The zero-order chi connectivity index (χ0) is 17.8. The van der Waals surface area contributed by atoms with Crippen molar-refractivity contribution in [3.8, 4) is 5.75 Å². The van der Waals surface area contributed by atoms with Gasteiger partial charge in [0.05, 0.1) is 12.0 Å². The summed E-state index contributed by atoms with van der Waals surface area (Å²) in [6.45, 7) is 5.78. The highest BCUT2D eigenvalue weighted by molar-refractivity contribution is 5.83. The van der Waals surface area contributed by atoms with Crippen molar-refractivity contribution in [1.29, 1.82) is 0 Å². The molecule has 2 atom stereocenters. The molecule has 2 aliphatic rings. The number of rotatable bonds is 6. The van der Waals surface area contributed by atoms with Crippen molar-refractivity contribution in [1.82, 2.24) is 10.2 Å². The van der Waals surface area contributed by atoms with Gasteiger partial charge in [-0.3, -0.25) is 9.59 Å². The molecule has 1 N–H and O–H groups in total. The van der Waals surface area contributed by atoms with Gasteiger partial charge in [0.25, 0.3) is 0 Å². The zero-order valence-corrected chi connectivity index (χ0v) is 15.2. The Balaban J connectivity index is 1.44. The second kappa shape index (κ2) is 7.89. The Morgan fingerprint density at radius 2 is 1.92 bits per heavy atom. The number of nitrogens with one attached hydrogen (secondary N) is 1. The van der Waals surface area contributed by atoms with Gasteiger partial charge in [0.2, 0.25) is 11.8 Å². The molecule has 1 saturated heterocycles. The molecule has 1 aromatic carbocycles. The van der Waals surface area contributed by atoms with Crippen LogP contribution in [0.1, 0.15) is 38.2 Å². The normalized spacial score (nSPS) is 21.5. The quantitative estimate of drug-likeness (QED) is 0.863. The number of likely N-dealkylation sites (tertiary alicyclic amines) is 1. The molecule has 5 nitrogen and oxygen atoms in total. The number of carbonyl (C=O) groups is 2. The molecule has 0 spiro atoms. The molecule has 1 heterocycles. The summed E-state index contributed by atoms with van der Waals surface area (Å²) in [7, 11) is 0. The number of piperidine rings is 1. The fourth-order valence-corrected chi connectivity index (χ4v) is 3.24. The van der Waals surface area contributed by atoms with Crippen molar-refractivity contribution in [2.24, 2.45) is 11.8 Å². The Kier molecular flexibility index (Phi) is 5.61. The monoisotopic (exact) mass is 344 g/mol. The van der Waals surface area contributed by atoms with Crippen LogP contribution in [0, 0.1) is 18.8 Å². The maximum Gasteiger partial charge on any atom is 0.225 e. The van der Waals surface area contributed by atoms with Crippen LogP contribution in [-0.4, -0.2) is 42.5 Å². The third-order valence-corrected chi connectivity index (χ3v) is 4.94. The lowest BCUT2D eigenvalue weighted by Crippen LogP contribution is -2.48. The van der Waals surface area contributed by atoms with Gasteiger partial charge in [0.15, 0.2) is 0 Å². The molecule has 3 rings (SSSR count). The SMILES string of the molecule is Cc1ccc(OC[C@H](C)NC(=O)[C@H]2CCCN(C(=O)C3CC3)C2)cc1. The molecule has 0 unspecified atom stereocenters. The summed E-state index contributed by atoms with van der Waals surface area (Å²) in [5.74, 6) is 1.22. The number of hydrogen-bond donors (Lipinski definition) is 1. The number of benzene rings is 1. The van der Waals surface area contributed by atoms with Crippen molar-refractivity contribution in [2.45, 2.75) is 45.6 Å². The van der Waals surface area contributed by atoms with E-state index < -0.39 is 0 Å². The predicted molar refractivity (Wildman–Crippen MR) is 96.3 cm³/mol. The first kappa shape index (κ1) is 17.8. The van der Waals surface area contributed by atoms with E-state index in [0.29, 0.717) is 13.2 Å². The summed E-state index contributed by atoms with van der Waals surface area (Å²) in [5.41, 5.74) is 1.19. The lowest BCUT2D eigenvalue weighted by molar-refractivity contribution is -0.137. The van der Waals surface area contributed by atoms with E-state index in [1.165, 1.54) is 5.56 Å². The highest BCUT2D eigenvalue weighted by Gasteiger charge is 2.36. The maximum absolute atomic E-state index is 12.5. The molecule has 5 heteroatoms. The first-order valence-electron chi connectivity index (χ1n) is 9.31. The Morgan fingerprint density at radius 3 is 2.60 bits per heavy atom. The summed E-state index contributed by atoms with van der Waals surface area (Å²) in [6, 6.07) is 7.82. The lowest BCUT2D eigenvalue weighted by atomic mass is 9.96. The minimum atomic E-state index is -0.0988. The van der Waals surface area contributed by atoms with Crippen LogP contribution >= 0.6 is 0 Å². The standard InChI is InChI=1S/C20H28N2O3/c1-14-5-9-18(10-6-14)25-13-15(2)21-19(23)17-4-3-11-22(12-17)20(24)16-7-8-16/h5-6,9-10,15-17H,3-4,7-8,11-13H2,1-2H3,(H,21,23)/t15-,17-/m0/s1. The molecule has 136 valence electrons. The highest BCUT2D eigenvalue weighted by atomic mass is 16.5. The minimum Gasteiger partial charge on any atom is -0.491 e. The van der Waals surface area contributed by atoms with Gasteiger partial charge in [-0.1, -0.05) is 17.7 Å². The zero-order valence-electron chi connectivity index (χ0n) is 15.2. The van der Waals surface area contributed by atoms with E-state index in [2.05, 4.69) is 5.32 Å². The third kappa shape index (κ3) is 4.97. The first-order valence-corrected chi connectivity index (χ1v) is 9.31. The second-order valence-corrected chi connectivity index (χ2v) is 7.43. The fourth-order valence-electron chi connectivity index (χ4n) is 3.24. The van der Waals surface area contributed by atoms with Gasteiger partial charge in [-0.05, 0) is 51.7 Å². The summed E-state index contributed by atoms with van der Waals surface area (Å²) in [6.07, 6.45) is 3.79. The summed E-state index contributed by atoms with van der Waals surface area (Å²) in [4.78, 5) is 26.6. The van der Waals surface area contributed by atoms with Crippen LogP contribution in [0.2, 0.25) is 0 Å². The predicted octanol–water partition coefficient (Wildman–Crippen LogP) is 2.53. The van der Waals surface area contributed by atoms with Gasteiger partial charge in [0, 0.05) is 19.0 Å². The third-order valence-electron chi connectivity index (χ3n) is 4.94. The number of ether oxygens (including phenoxy) is 1. The van der Waals surface area contributed by atoms with Crippen LogP contribution in [-0.2, 0) is 9.59 Å². The molecule has 0 bridgehead atoms. The van der Waals surface area contributed by atoms with Crippen molar-refractivity contribution in [3.05, 3.63) is 29.8 Å². The van der Waals surface area contributed by atoms with Gasteiger partial charge >= 0.3 is 0 Å². The van der Waals surface area contributed by atoms with Crippen LogP contribution < -0.4 is 10.1 Å². The number of aryl methyl sites for hydroxylation is 1. The molecule has 1 aliphatic carbocycles. The molecule has 2 amide bonds. The van der Waals surface area contributed by atoms with E-state index >= 15 is 0 Å². The highest BCUT2D eigenvalue weighted by Crippen LogP contribution is 2.32. The van der Waals surface area contributed by atoms with Crippen molar-refractivity contribution in [2.75, 3.05) is 19.7 Å². The van der Waals surface area contributed by atoms with Gasteiger partial charge < -0.3 is 15.0 Å². The van der Waals surface area contributed by atoms with Crippen LogP contribution in [0.5, 0.6) is 5.75 Å². The van der Waals surface area contributed by atoms with Crippen LogP contribution in [0.25, 0.3) is 0 Å². The molecule has 1 aromatic rings. The average molecular weight is 344 g/mol. The molecular formula is C20H28N2O3. The number of carbonyl (C=O) groups excluding carboxylic acids is 2. The van der Waals surface area contributed by atoms with Crippen molar-refractivity contribution < 1.29 is 14.3 Å². The van der Waals surface area contributed by atoms with E-state index in [1.807, 2.05) is 43.0 Å². The number of hydrogen-bond acceptors (Lipinski definition) is 3. The molecule has 2 fully saturated rings. The average Bonchev–Trinajstić information content (AvgIpc) is 3.46. The molecule has 25 heavy (non-hydrogen) atoms. The largest absolute Gasteiger partial charge is 0.491 e. The van der Waals surface area contributed by atoms with Crippen LogP contribution in [0.4, 0.5) is 0 Å².